The van der Waals surface area contributed by atoms with Crippen LogP contribution in [-0.4, -0.2) is 24.1 Å². The average molecular weight is 814 g/mol. The highest BCUT2D eigenvalue weighted by Crippen LogP contribution is 2.50. The van der Waals surface area contributed by atoms with Crippen molar-refractivity contribution in [3.8, 4) is 45.5 Å². The van der Waals surface area contributed by atoms with Gasteiger partial charge in [-0.25, -0.2) is 4.98 Å². The molecule has 12 rings (SSSR count). The second-order valence-electron chi connectivity index (χ2n) is 18.8. The molecule has 11 aromatic rings. The Morgan fingerprint density at radius 2 is 1.03 bits per heavy atom. The van der Waals surface area contributed by atoms with Crippen molar-refractivity contribution in [3.63, 3.8) is 0 Å². The van der Waals surface area contributed by atoms with Crippen LogP contribution >= 0.6 is 0 Å². The molecule has 63 heavy (non-hydrogen) atoms. The first-order valence-electron chi connectivity index (χ1n) is 22.2. The van der Waals surface area contributed by atoms with Crippen molar-refractivity contribution in [2.45, 2.75) is 51.9 Å². The Morgan fingerprint density at radius 1 is 0.429 bits per heavy atom. The van der Waals surface area contributed by atoms with Crippen LogP contribution in [0.4, 0.5) is 0 Å². The molecular weight excluding hydrogens is 767 g/mol. The fraction of sp³-hybridized carbons (Fsp3) is 0.155. The van der Waals surface area contributed by atoms with Crippen LogP contribution in [0.2, 0.25) is 0 Å². The zero-order valence-electron chi connectivity index (χ0n) is 36.3. The van der Waals surface area contributed by atoms with Crippen LogP contribution in [-0.2, 0) is 10.8 Å². The van der Waals surface area contributed by atoms with Crippen LogP contribution in [0.25, 0.3) is 99.9 Å². The highest BCUT2D eigenvalue weighted by atomic mass is 15.2. The summed E-state index contributed by atoms with van der Waals surface area (Å²) in [5, 5.41) is 7.04. The molecule has 0 saturated carbocycles. The molecule has 5 nitrogen and oxygen atoms in total. The highest BCUT2D eigenvalue weighted by molar-refractivity contribution is 6.19. The summed E-state index contributed by atoms with van der Waals surface area (Å²) in [7, 11) is 0. The van der Waals surface area contributed by atoms with Gasteiger partial charge in [0.2, 0.25) is 5.95 Å². The summed E-state index contributed by atoms with van der Waals surface area (Å²) in [5.41, 5.74) is 13.0. The molecule has 0 N–H and O–H groups in total. The van der Waals surface area contributed by atoms with Crippen molar-refractivity contribution in [3.05, 3.63) is 187 Å². The molecule has 0 bridgehead atoms. The minimum absolute atomic E-state index is 0.0891. The summed E-state index contributed by atoms with van der Waals surface area (Å²) in [4.78, 5) is 15.7. The summed E-state index contributed by atoms with van der Waals surface area (Å²) in [6, 6.07) is 63.5. The van der Waals surface area contributed by atoms with E-state index < -0.39 is 0 Å². The first-order chi connectivity index (χ1) is 30.6. The summed E-state index contributed by atoms with van der Waals surface area (Å²) in [6.07, 6.45) is 1.19. The van der Waals surface area contributed by atoms with E-state index in [1.54, 1.807) is 0 Å². The minimum Gasteiger partial charge on any atom is -0.309 e. The van der Waals surface area contributed by atoms with E-state index in [2.05, 4.69) is 201 Å². The lowest BCUT2D eigenvalue weighted by Crippen LogP contribution is -2.40. The Kier molecular flexibility index (Phi) is 8.20. The van der Waals surface area contributed by atoms with E-state index in [0.29, 0.717) is 23.5 Å². The lowest BCUT2D eigenvalue weighted by atomic mass is 9.58. The van der Waals surface area contributed by atoms with Gasteiger partial charge < -0.3 is 4.57 Å². The van der Waals surface area contributed by atoms with Gasteiger partial charge in [-0.2, -0.15) is 9.97 Å². The molecule has 1 aliphatic rings. The number of fused-ring (bicyclic) bond motifs is 8. The molecule has 1 aliphatic carbocycles. The summed E-state index contributed by atoms with van der Waals surface area (Å²) in [6.45, 7) is 12.1. The summed E-state index contributed by atoms with van der Waals surface area (Å²) in [5.74, 6) is 2.42. The van der Waals surface area contributed by atoms with E-state index in [-0.39, 0.29) is 10.8 Å². The van der Waals surface area contributed by atoms with Crippen molar-refractivity contribution in [1.29, 1.82) is 0 Å². The highest BCUT2D eigenvalue weighted by Gasteiger charge is 2.42. The fourth-order valence-electron chi connectivity index (χ4n) is 10.6. The SMILES string of the molecule is CC1CC(C)(C)c2ccc(-c3cccc(-n4c5ccccc5c5cc6c7ccccc7n(-c7nc(-c8ccccc8)nc(-c8ccc9ccccc9c8)n7)c6cc54)c3)cc2C1(C)C. The number of nitrogens with zero attached hydrogens (tertiary/aromatic N) is 5. The van der Waals surface area contributed by atoms with Crippen LogP contribution < -0.4 is 0 Å². The number of benzene rings is 8. The second kappa shape index (κ2) is 13.8. The molecule has 0 radical (unpaired) electrons. The Hall–Kier alpha value is -7.37. The quantitative estimate of drug-likeness (QED) is 0.174. The lowest BCUT2D eigenvalue weighted by Gasteiger charge is -2.46. The van der Waals surface area contributed by atoms with Crippen LogP contribution in [0.3, 0.4) is 0 Å². The Labute approximate surface area is 367 Å². The van der Waals surface area contributed by atoms with Crippen LogP contribution in [0.5, 0.6) is 0 Å². The van der Waals surface area contributed by atoms with Gasteiger partial charge in [0.1, 0.15) is 0 Å². The van der Waals surface area contributed by atoms with E-state index >= 15 is 0 Å². The molecule has 3 aromatic heterocycles. The first-order valence-corrected chi connectivity index (χ1v) is 22.2. The predicted molar refractivity (Wildman–Crippen MR) is 262 cm³/mol. The number of hydrogen-bond acceptors (Lipinski definition) is 3. The topological polar surface area (TPSA) is 48.5 Å². The fourth-order valence-corrected chi connectivity index (χ4v) is 10.6. The maximum Gasteiger partial charge on any atom is 0.238 e. The molecule has 5 heteroatoms. The lowest BCUT2D eigenvalue weighted by molar-refractivity contribution is 0.233. The standard InChI is InChI=1S/C58H47N5/c1-36-35-57(2,3)48-29-28-41(32-49(48)58(36,4)5)40-20-15-21-43(31-40)62-50-24-13-11-22-44(50)46-33-47-45-23-12-14-25-51(45)63(53(47)34-52(46)62)56-60-54(38-17-7-6-8-18-38)59-55(61-56)42-27-26-37-16-9-10-19-39(37)30-42/h6-34,36H,35H2,1-5H3. The van der Waals surface area contributed by atoms with Gasteiger partial charge in [-0.15, -0.1) is 0 Å². The van der Waals surface area contributed by atoms with Gasteiger partial charge >= 0.3 is 0 Å². The van der Waals surface area contributed by atoms with Crippen LogP contribution in [0.15, 0.2) is 176 Å². The zero-order valence-corrected chi connectivity index (χ0v) is 36.3. The van der Waals surface area contributed by atoms with Crippen LogP contribution in [0, 0.1) is 5.92 Å². The number of rotatable bonds is 5. The maximum atomic E-state index is 5.32. The normalized spacial score (nSPS) is 15.7. The van der Waals surface area contributed by atoms with Crippen molar-refractivity contribution in [1.82, 2.24) is 24.1 Å². The van der Waals surface area contributed by atoms with Gasteiger partial charge in [-0.1, -0.05) is 168 Å². The van der Waals surface area contributed by atoms with E-state index in [1.165, 1.54) is 50.4 Å². The third-order valence-corrected chi connectivity index (χ3v) is 14.3. The molecular formula is C58H47N5. The van der Waals surface area contributed by atoms with Crippen LogP contribution in [0.1, 0.15) is 52.2 Å². The largest absolute Gasteiger partial charge is 0.309 e. The van der Waals surface area contributed by atoms with E-state index in [4.69, 9.17) is 15.0 Å². The van der Waals surface area contributed by atoms with Gasteiger partial charge in [-0.3, -0.25) is 4.57 Å². The molecule has 304 valence electrons. The average Bonchev–Trinajstić information content (AvgIpc) is 3.82. The zero-order chi connectivity index (χ0) is 42.6. The molecule has 3 heterocycles. The van der Waals surface area contributed by atoms with Crippen molar-refractivity contribution in [2.75, 3.05) is 0 Å². The molecule has 0 amide bonds. The van der Waals surface area contributed by atoms with Gasteiger partial charge in [0.15, 0.2) is 11.6 Å². The summed E-state index contributed by atoms with van der Waals surface area (Å²) < 4.78 is 4.67. The Bertz CT molecular complexity index is 3630. The van der Waals surface area contributed by atoms with Gasteiger partial charge in [0, 0.05) is 38.4 Å². The summed E-state index contributed by atoms with van der Waals surface area (Å²) >= 11 is 0. The molecule has 0 saturated heterocycles. The molecule has 1 atom stereocenters. The molecule has 0 spiro atoms. The number of hydrogen-bond donors (Lipinski definition) is 0. The Balaban J connectivity index is 1.09. The first kappa shape index (κ1) is 37.4. The second-order valence-corrected chi connectivity index (χ2v) is 18.8. The van der Waals surface area contributed by atoms with Crippen molar-refractivity contribution < 1.29 is 0 Å². The monoisotopic (exact) mass is 813 g/mol. The third kappa shape index (κ3) is 5.86. The van der Waals surface area contributed by atoms with E-state index in [9.17, 15) is 0 Å². The third-order valence-electron chi connectivity index (χ3n) is 14.3. The maximum absolute atomic E-state index is 5.32. The molecule has 0 fully saturated rings. The molecule has 1 unspecified atom stereocenters. The predicted octanol–water partition coefficient (Wildman–Crippen LogP) is 14.8. The van der Waals surface area contributed by atoms with E-state index in [0.717, 1.165) is 49.5 Å². The van der Waals surface area contributed by atoms with Gasteiger partial charge in [0.05, 0.1) is 22.1 Å². The molecule has 8 aromatic carbocycles. The van der Waals surface area contributed by atoms with Gasteiger partial charge in [-0.05, 0) is 98.7 Å². The van der Waals surface area contributed by atoms with Crippen molar-refractivity contribution in [2.24, 2.45) is 5.92 Å². The molecule has 0 aliphatic heterocycles. The minimum atomic E-state index is 0.0891. The number of para-hydroxylation sites is 2. The Morgan fingerprint density at radius 3 is 1.79 bits per heavy atom. The van der Waals surface area contributed by atoms with Gasteiger partial charge in [0.25, 0.3) is 0 Å². The van der Waals surface area contributed by atoms with E-state index in [1.807, 2.05) is 18.2 Å². The number of aromatic nitrogens is 5. The smallest absolute Gasteiger partial charge is 0.238 e. The van der Waals surface area contributed by atoms with Crippen molar-refractivity contribution >= 4 is 54.4 Å².